The van der Waals surface area contributed by atoms with Gasteiger partial charge in [0.25, 0.3) is 0 Å². The second-order valence-electron chi connectivity index (χ2n) is 10.0. The van der Waals surface area contributed by atoms with E-state index in [9.17, 15) is 9.59 Å². The average molecular weight is 490 g/mol. The van der Waals surface area contributed by atoms with E-state index < -0.39 is 11.8 Å². The highest BCUT2D eigenvalue weighted by atomic mass is 16.7. The largest absolute Gasteiger partial charge is 0.497 e. The average Bonchev–Trinajstić information content (AvgIpc) is 3.34. The van der Waals surface area contributed by atoms with Gasteiger partial charge in [-0.05, 0) is 60.6 Å². The summed E-state index contributed by atoms with van der Waals surface area (Å²) in [5.41, 5.74) is 3.91. The first-order valence-corrected chi connectivity index (χ1v) is 12.4. The van der Waals surface area contributed by atoms with E-state index in [1.54, 1.807) is 7.11 Å². The Morgan fingerprint density at radius 1 is 1.06 bits per heavy atom. The monoisotopic (exact) mass is 489 g/mol. The summed E-state index contributed by atoms with van der Waals surface area (Å²) in [4.78, 5) is 31.9. The van der Waals surface area contributed by atoms with Crippen molar-refractivity contribution in [3.05, 3.63) is 64.9 Å². The minimum absolute atomic E-state index is 0.0117. The van der Waals surface area contributed by atoms with E-state index in [-0.39, 0.29) is 30.4 Å². The van der Waals surface area contributed by atoms with Crippen molar-refractivity contribution in [3.63, 3.8) is 0 Å². The molecule has 2 heterocycles. The molecule has 0 aromatic heterocycles. The van der Waals surface area contributed by atoms with Crippen LogP contribution in [-0.4, -0.2) is 38.0 Å². The molecule has 0 radical (unpaired) electrons. The van der Waals surface area contributed by atoms with Crippen LogP contribution < -0.4 is 14.2 Å². The Kier molecular flexibility index (Phi) is 6.56. The van der Waals surface area contributed by atoms with Gasteiger partial charge in [0.2, 0.25) is 6.79 Å². The number of hydrogen-bond acceptors (Lipinski definition) is 7. The van der Waals surface area contributed by atoms with E-state index in [0.29, 0.717) is 42.2 Å². The smallest absolute Gasteiger partial charge is 0.315 e. The Balaban J connectivity index is 1.54. The van der Waals surface area contributed by atoms with Gasteiger partial charge in [0.05, 0.1) is 13.7 Å². The van der Waals surface area contributed by atoms with Crippen LogP contribution in [0.4, 0.5) is 0 Å². The van der Waals surface area contributed by atoms with Crippen LogP contribution in [0.2, 0.25) is 0 Å². The highest BCUT2D eigenvalue weighted by Crippen LogP contribution is 2.48. The van der Waals surface area contributed by atoms with Gasteiger partial charge in [-0.25, -0.2) is 0 Å². The number of allylic oxidation sites excluding steroid dienone is 2. The van der Waals surface area contributed by atoms with Crippen molar-refractivity contribution in [2.24, 2.45) is 16.8 Å². The zero-order valence-corrected chi connectivity index (χ0v) is 21.1. The number of nitrogens with zero attached hydrogens (tertiary/aromatic N) is 1. The van der Waals surface area contributed by atoms with Crippen LogP contribution in [0.25, 0.3) is 0 Å². The lowest BCUT2D eigenvalue weighted by Crippen LogP contribution is -2.38. The number of hydrogen-bond donors (Lipinski definition) is 0. The number of ether oxygens (including phenoxy) is 4. The molecule has 0 N–H and O–H groups in total. The summed E-state index contributed by atoms with van der Waals surface area (Å²) in [6.07, 6.45) is 0.980. The number of fused-ring (bicyclic) bond motifs is 1. The number of aliphatic imine (C=N–C) groups is 1. The van der Waals surface area contributed by atoms with Gasteiger partial charge in [0, 0.05) is 29.3 Å². The molecule has 1 unspecified atom stereocenters. The molecule has 0 amide bonds. The Hall–Kier alpha value is -3.61. The summed E-state index contributed by atoms with van der Waals surface area (Å²) in [5, 5.41) is 0. The fourth-order valence-corrected chi connectivity index (χ4v) is 5.28. The third-order valence-corrected chi connectivity index (χ3v) is 7.04. The first-order chi connectivity index (χ1) is 17.4. The number of carbonyl (C=O) groups is 2. The second kappa shape index (κ2) is 9.80. The molecule has 36 heavy (non-hydrogen) atoms. The highest BCUT2D eigenvalue weighted by molar-refractivity contribution is 6.09. The molecule has 7 heteroatoms. The van der Waals surface area contributed by atoms with Crippen molar-refractivity contribution < 1.29 is 28.5 Å². The second-order valence-corrected chi connectivity index (χ2v) is 10.0. The fourth-order valence-electron chi connectivity index (χ4n) is 5.28. The van der Waals surface area contributed by atoms with Crippen LogP contribution in [0.3, 0.4) is 0 Å². The first-order valence-electron chi connectivity index (χ1n) is 12.4. The molecule has 2 aromatic carbocycles. The molecule has 3 atom stereocenters. The van der Waals surface area contributed by atoms with Crippen molar-refractivity contribution in [2.45, 2.75) is 45.4 Å². The Bertz CT molecular complexity index is 1240. The lowest BCUT2D eigenvalue weighted by Gasteiger charge is -2.36. The van der Waals surface area contributed by atoms with Crippen LogP contribution in [0.5, 0.6) is 17.2 Å². The number of benzene rings is 2. The molecule has 0 spiro atoms. The molecule has 0 saturated heterocycles. The normalized spacial score (nSPS) is 22.9. The van der Waals surface area contributed by atoms with Crippen molar-refractivity contribution in [2.75, 3.05) is 20.5 Å². The summed E-state index contributed by atoms with van der Waals surface area (Å²) < 4.78 is 22.0. The van der Waals surface area contributed by atoms with E-state index in [4.69, 9.17) is 23.9 Å². The first kappa shape index (κ1) is 24.1. The quantitative estimate of drug-likeness (QED) is 0.519. The third-order valence-electron chi connectivity index (χ3n) is 7.04. The maximum atomic E-state index is 13.7. The van der Waals surface area contributed by atoms with Gasteiger partial charge in [-0.2, -0.15) is 0 Å². The zero-order valence-electron chi connectivity index (χ0n) is 21.1. The van der Waals surface area contributed by atoms with Gasteiger partial charge < -0.3 is 18.9 Å². The van der Waals surface area contributed by atoms with Gasteiger partial charge in [-0.3, -0.25) is 14.6 Å². The molecule has 2 aromatic rings. The van der Waals surface area contributed by atoms with E-state index in [0.717, 1.165) is 22.6 Å². The SMILES string of the molecule is COc1ccc([C@H]2CC(=O)C3=C(C2)N=C(C)C(C(=O)OCC(C)C)[C@H]3c2ccc3c(c2)OCO3)cc1. The van der Waals surface area contributed by atoms with Crippen LogP contribution in [0.15, 0.2) is 58.7 Å². The molecule has 0 saturated carbocycles. The van der Waals surface area contributed by atoms with Gasteiger partial charge in [0.15, 0.2) is 17.3 Å². The molecule has 2 aliphatic heterocycles. The van der Waals surface area contributed by atoms with Gasteiger partial charge in [-0.15, -0.1) is 0 Å². The predicted octanol–water partition coefficient (Wildman–Crippen LogP) is 5.20. The number of esters is 1. The summed E-state index contributed by atoms with van der Waals surface area (Å²) in [6, 6.07) is 13.5. The minimum Gasteiger partial charge on any atom is -0.497 e. The molecule has 5 rings (SSSR count). The Morgan fingerprint density at radius 2 is 1.78 bits per heavy atom. The molecule has 0 fully saturated rings. The van der Waals surface area contributed by atoms with Gasteiger partial charge in [-0.1, -0.05) is 32.0 Å². The number of ketones is 1. The predicted molar refractivity (Wildman–Crippen MR) is 135 cm³/mol. The zero-order chi connectivity index (χ0) is 25.4. The number of methoxy groups -OCH3 is 1. The molecule has 188 valence electrons. The molecule has 0 bridgehead atoms. The van der Waals surface area contributed by atoms with Gasteiger partial charge >= 0.3 is 5.97 Å². The maximum absolute atomic E-state index is 13.7. The van der Waals surface area contributed by atoms with Crippen molar-refractivity contribution in [3.8, 4) is 17.2 Å². The molecule has 3 aliphatic rings. The summed E-state index contributed by atoms with van der Waals surface area (Å²) in [5.74, 6) is 0.752. The lowest BCUT2D eigenvalue weighted by molar-refractivity contribution is -0.147. The highest BCUT2D eigenvalue weighted by Gasteiger charge is 2.45. The van der Waals surface area contributed by atoms with E-state index in [1.807, 2.05) is 63.2 Å². The van der Waals surface area contributed by atoms with Gasteiger partial charge in [0.1, 0.15) is 11.7 Å². The van der Waals surface area contributed by atoms with E-state index in [2.05, 4.69) is 0 Å². The third kappa shape index (κ3) is 4.50. The summed E-state index contributed by atoms with van der Waals surface area (Å²) in [6.45, 7) is 6.31. The molecular formula is C29H31NO6. The number of Topliss-reactive ketones (excluding diaryl/α,β-unsaturated/α-hetero) is 1. The topological polar surface area (TPSA) is 83.4 Å². The van der Waals surface area contributed by atoms with Crippen LogP contribution >= 0.6 is 0 Å². The van der Waals surface area contributed by atoms with Crippen LogP contribution in [0, 0.1) is 11.8 Å². The van der Waals surface area contributed by atoms with Crippen molar-refractivity contribution in [1.29, 1.82) is 0 Å². The number of rotatable bonds is 6. The van der Waals surface area contributed by atoms with E-state index >= 15 is 0 Å². The fraction of sp³-hybridized carbons (Fsp3) is 0.414. The van der Waals surface area contributed by atoms with Crippen LogP contribution in [-0.2, 0) is 14.3 Å². The summed E-state index contributed by atoms with van der Waals surface area (Å²) >= 11 is 0. The van der Waals surface area contributed by atoms with Crippen molar-refractivity contribution >= 4 is 17.5 Å². The Labute approximate surface area is 211 Å². The standard InChI is InChI=1S/C29H31NO6/c1-16(2)14-34-29(32)26-17(3)30-22-11-20(18-5-8-21(33-4)9-6-18)12-23(31)28(22)27(26)19-7-10-24-25(13-19)36-15-35-24/h5-10,13,16,20,26-27H,11-12,14-15H2,1-4H3/t20-,26?,27-/m1/s1. The number of carbonyl (C=O) groups excluding carboxylic acids is 2. The molecule has 7 nitrogen and oxygen atoms in total. The van der Waals surface area contributed by atoms with Crippen LogP contribution in [0.1, 0.15) is 56.6 Å². The lowest BCUT2D eigenvalue weighted by atomic mass is 9.69. The van der Waals surface area contributed by atoms with Crippen molar-refractivity contribution in [1.82, 2.24) is 0 Å². The Morgan fingerprint density at radius 3 is 2.50 bits per heavy atom. The molecule has 1 aliphatic carbocycles. The minimum atomic E-state index is -0.677. The molecular weight excluding hydrogens is 458 g/mol. The van der Waals surface area contributed by atoms with E-state index in [1.165, 1.54) is 0 Å². The summed E-state index contributed by atoms with van der Waals surface area (Å²) in [7, 11) is 1.63. The maximum Gasteiger partial charge on any atom is 0.315 e.